The van der Waals surface area contributed by atoms with E-state index in [4.69, 9.17) is 16.3 Å². The minimum atomic E-state index is -0.948. The van der Waals surface area contributed by atoms with Crippen LogP contribution >= 0.6 is 11.6 Å². The van der Waals surface area contributed by atoms with Crippen molar-refractivity contribution in [2.75, 3.05) is 7.11 Å². The van der Waals surface area contributed by atoms with E-state index in [2.05, 4.69) is 0 Å². The van der Waals surface area contributed by atoms with Crippen LogP contribution in [-0.4, -0.2) is 27.9 Å². The highest BCUT2D eigenvalue weighted by molar-refractivity contribution is 6.30. The van der Waals surface area contributed by atoms with Gasteiger partial charge in [0, 0.05) is 21.7 Å². The number of aliphatic carboxylic acids is 1. The fraction of sp³-hybridized carbons (Fsp3) is 0.211. The fourth-order valence-corrected chi connectivity index (χ4v) is 3.21. The molecule has 0 aliphatic rings. The lowest BCUT2D eigenvalue weighted by molar-refractivity contribution is -0.136. The number of carbonyl (C=O) groups is 1. The number of rotatable bonds is 5. The lowest BCUT2D eigenvalue weighted by Gasteiger charge is -2.17. The number of methoxy groups -OCH3 is 1. The Labute approximate surface area is 150 Å². The highest BCUT2D eigenvalue weighted by Crippen LogP contribution is 2.33. The lowest BCUT2D eigenvalue weighted by atomic mass is 10.1. The smallest absolute Gasteiger partial charge is 0.307 e. The van der Waals surface area contributed by atoms with Crippen molar-refractivity contribution in [2.24, 2.45) is 0 Å². The van der Waals surface area contributed by atoms with E-state index in [1.54, 1.807) is 48.1 Å². The number of aliphatic hydroxyl groups is 1. The summed E-state index contributed by atoms with van der Waals surface area (Å²) in [6, 6.07) is 12.3. The Hall–Kier alpha value is -2.50. The van der Waals surface area contributed by atoms with Crippen LogP contribution in [0.25, 0.3) is 10.9 Å². The largest absolute Gasteiger partial charge is 0.497 e. The van der Waals surface area contributed by atoms with Gasteiger partial charge in [0.05, 0.1) is 19.0 Å². The van der Waals surface area contributed by atoms with Gasteiger partial charge in [0.15, 0.2) is 6.23 Å². The zero-order valence-electron chi connectivity index (χ0n) is 13.9. The molecule has 1 heterocycles. The normalized spacial score (nSPS) is 12.3. The number of ether oxygens (including phenoxy) is 1. The number of benzene rings is 2. The molecule has 0 aliphatic carbocycles. The van der Waals surface area contributed by atoms with E-state index in [1.165, 1.54) is 0 Å². The third kappa shape index (κ3) is 3.21. The average molecular weight is 360 g/mol. The molecule has 0 bridgehead atoms. The summed E-state index contributed by atoms with van der Waals surface area (Å²) in [5.41, 5.74) is 2.78. The van der Waals surface area contributed by atoms with Gasteiger partial charge in [-0.2, -0.15) is 0 Å². The van der Waals surface area contributed by atoms with Crippen molar-refractivity contribution in [3.8, 4) is 5.75 Å². The Morgan fingerprint density at radius 3 is 2.52 bits per heavy atom. The Kier molecular flexibility index (Phi) is 4.70. The van der Waals surface area contributed by atoms with Crippen LogP contribution in [0.1, 0.15) is 23.0 Å². The molecule has 5 nitrogen and oxygen atoms in total. The molecule has 2 N–H and O–H groups in total. The van der Waals surface area contributed by atoms with E-state index in [0.717, 1.165) is 10.9 Å². The second-order valence-electron chi connectivity index (χ2n) is 5.81. The summed E-state index contributed by atoms with van der Waals surface area (Å²) >= 11 is 5.92. The number of halogens is 1. The highest BCUT2D eigenvalue weighted by atomic mass is 35.5. The Morgan fingerprint density at radius 1 is 1.24 bits per heavy atom. The molecule has 2 aromatic carbocycles. The number of carboxylic acid groups (broad SMARTS) is 1. The highest BCUT2D eigenvalue weighted by Gasteiger charge is 2.22. The van der Waals surface area contributed by atoms with Gasteiger partial charge in [-0.15, -0.1) is 0 Å². The molecule has 0 spiro atoms. The second-order valence-corrected chi connectivity index (χ2v) is 6.25. The first-order valence-corrected chi connectivity index (χ1v) is 8.13. The zero-order chi connectivity index (χ0) is 18.1. The topological polar surface area (TPSA) is 71.7 Å². The SMILES string of the molecule is COc1ccc2c(c1)c(CC(=O)O)c(C)n2C(O)c1ccc(Cl)cc1. The Morgan fingerprint density at radius 2 is 1.92 bits per heavy atom. The lowest BCUT2D eigenvalue weighted by Crippen LogP contribution is -2.12. The van der Waals surface area contributed by atoms with E-state index < -0.39 is 12.2 Å². The van der Waals surface area contributed by atoms with Gasteiger partial charge in [-0.05, 0) is 42.8 Å². The molecule has 1 aromatic heterocycles. The summed E-state index contributed by atoms with van der Waals surface area (Å²) in [6.45, 7) is 1.81. The van der Waals surface area contributed by atoms with Gasteiger partial charge in [-0.25, -0.2) is 0 Å². The molecule has 130 valence electrons. The average Bonchev–Trinajstić information content (AvgIpc) is 2.86. The Bertz CT molecular complexity index is 931. The van der Waals surface area contributed by atoms with Crippen LogP contribution in [0.3, 0.4) is 0 Å². The van der Waals surface area contributed by atoms with Gasteiger partial charge >= 0.3 is 5.97 Å². The number of aromatic nitrogens is 1. The number of aliphatic hydroxyl groups excluding tert-OH is 1. The van der Waals surface area contributed by atoms with Crippen molar-refractivity contribution in [1.82, 2.24) is 4.57 Å². The summed E-state index contributed by atoms with van der Waals surface area (Å²) in [6.07, 6.45) is -1.08. The van der Waals surface area contributed by atoms with Crippen molar-refractivity contribution in [3.05, 3.63) is 64.3 Å². The summed E-state index contributed by atoms with van der Waals surface area (Å²) in [4.78, 5) is 11.3. The van der Waals surface area contributed by atoms with E-state index >= 15 is 0 Å². The van der Waals surface area contributed by atoms with Crippen LogP contribution in [0.5, 0.6) is 5.75 Å². The number of fused-ring (bicyclic) bond motifs is 1. The molecule has 0 radical (unpaired) electrons. The molecule has 6 heteroatoms. The first-order valence-electron chi connectivity index (χ1n) is 7.75. The molecular weight excluding hydrogens is 342 g/mol. The zero-order valence-corrected chi connectivity index (χ0v) is 14.6. The monoisotopic (exact) mass is 359 g/mol. The van der Waals surface area contributed by atoms with Gasteiger partial charge in [0.25, 0.3) is 0 Å². The quantitative estimate of drug-likeness (QED) is 0.727. The molecule has 3 rings (SSSR count). The van der Waals surface area contributed by atoms with Crippen LogP contribution in [-0.2, 0) is 11.2 Å². The maximum absolute atomic E-state index is 11.3. The van der Waals surface area contributed by atoms with Crippen LogP contribution in [0.4, 0.5) is 0 Å². The molecule has 0 amide bonds. The van der Waals surface area contributed by atoms with Crippen LogP contribution in [0, 0.1) is 6.92 Å². The minimum absolute atomic E-state index is 0.129. The minimum Gasteiger partial charge on any atom is -0.497 e. The number of hydrogen-bond donors (Lipinski definition) is 2. The summed E-state index contributed by atoms with van der Waals surface area (Å²) in [7, 11) is 1.56. The van der Waals surface area contributed by atoms with E-state index in [-0.39, 0.29) is 6.42 Å². The van der Waals surface area contributed by atoms with Gasteiger partial charge in [0.2, 0.25) is 0 Å². The maximum Gasteiger partial charge on any atom is 0.307 e. The summed E-state index contributed by atoms with van der Waals surface area (Å²) in [5.74, 6) is -0.289. The molecular formula is C19H18ClNO4. The number of nitrogens with zero attached hydrogens (tertiary/aromatic N) is 1. The standard InChI is InChI=1S/C19H18ClNO4/c1-11-15(10-18(22)23)16-9-14(25-2)7-8-17(16)21(11)19(24)12-3-5-13(20)6-4-12/h3-9,19,24H,10H2,1-2H3,(H,22,23). The maximum atomic E-state index is 11.3. The van der Waals surface area contributed by atoms with E-state index in [9.17, 15) is 15.0 Å². The predicted molar refractivity (Wildman–Crippen MR) is 96.4 cm³/mol. The molecule has 1 unspecified atom stereocenters. The first-order chi connectivity index (χ1) is 11.9. The van der Waals surface area contributed by atoms with Crippen molar-refractivity contribution in [3.63, 3.8) is 0 Å². The van der Waals surface area contributed by atoms with Crippen LogP contribution in [0.2, 0.25) is 5.02 Å². The molecule has 25 heavy (non-hydrogen) atoms. The van der Waals surface area contributed by atoms with Gasteiger partial charge < -0.3 is 19.5 Å². The molecule has 0 aliphatic heterocycles. The Balaban J connectivity index is 2.21. The first kappa shape index (κ1) is 17.3. The number of hydrogen-bond acceptors (Lipinski definition) is 3. The summed E-state index contributed by atoms with van der Waals surface area (Å²) < 4.78 is 6.99. The van der Waals surface area contributed by atoms with Crippen LogP contribution < -0.4 is 4.74 Å². The van der Waals surface area contributed by atoms with Gasteiger partial charge in [-0.1, -0.05) is 23.7 Å². The molecule has 3 aromatic rings. The van der Waals surface area contributed by atoms with Crippen molar-refractivity contribution < 1.29 is 19.7 Å². The predicted octanol–water partition coefficient (Wildman–Crippen LogP) is 3.78. The molecule has 0 saturated heterocycles. The van der Waals surface area contributed by atoms with Gasteiger partial charge in [-0.3, -0.25) is 4.79 Å². The summed E-state index contributed by atoms with van der Waals surface area (Å²) in [5, 5.41) is 21.5. The number of carboxylic acids is 1. The third-order valence-corrected chi connectivity index (χ3v) is 4.58. The van der Waals surface area contributed by atoms with Crippen molar-refractivity contribution >= 4 is 28.5 Å². The van der Waals surface area contributed by atoms with E-state index in [1.807, 2.05) is 13.0 Å². The van der Waals surface area contributed by atoms with Crippen molar-refractivity contribution in [2.45, 2.75) is 19.6 Å². The second kappa shape index (κ2) is 6.78. The van der Waals surface area contributed by atoms with Gasteiger partial charge in [0.1, 0.15) is 5.75 Å². The molecule has 0 fully saturated rings. The molecule has 1 atom stereocenters. The van der Waals surface area contributed by atoms with E-state index in [0.29, 0.717) is 27.6 Å². The van der Waals surface area contributed by atoms with Crippen molar-refractivity contribution in [1.29, 1.82) is 0 Å². The third-order valence-electron chi connectivity index (χ3n) is 4.33. The molecule has 0 saturated carbocycles. The van der Waals surface area contributed by atoms with Crippen LogP contribution in [0.15, 0.2) is 42.5 Å². The fourth-order valence-electron chi connectivity index (χ4n) is 3.09.